The van der Waals surface area contributed by atoms with Crippen LogP contribution in [0.2, 0.25) is 0 Å². The molecule has 7 heteroatoms. The van der Waals surface area contributed by atoms with Crippen LogP contribution in [0.4, 0.5) is 11.4 Å². The molecule has 0 spiro atoms. The van der Waals surface area contributed by atoms with Crippen molar-refractivity contribution >= 4 is 29.6 Å². The van der Waals surface area contributed by atoms with Crippen LogP contribution in [0.25, 0.3) is 0 Å². The van der Waals surface area contributed by atoms with Gasteiger partial charge in [-0.3, -0.25) is 14.4 Å². The van der Waals surface area contributed by atoms with E-state index >= 15 is 0 Å². The Kier molecular flexibility index (Phi) is 6.32. The van der Waals surface area contributed by atoms with E-state index in [0.717, 1.165) is 25.2 Å². The third kappa shape index (κ3) is 4.78. The van der Waals surface area contributed by atoms with Crippen molar-refractivity contribution in [1.82, 2.24) is 9.80 Å². The molecule has 2 aliphatic rings. The fourth-order valence-electron chi connectivity index (χ4n) is 3.69. The van der Waals surface area contributed by atoms with Crippen LogP contribution in [0.5, 0.6) is 0 Å². The standard InChI is InChI=1S/C20H28N4O3/c1-17(26)24(15-20(27)23-13-11-21(16-25)12-14-23)19-7-5-18(6-8-19)22-9-3-2-4-10-22/h5-8,16H,2-4,9-15H2,1H3. The summed E-state index contributed by atoms with van der Waals surface area (Å²) < 4.78 is 0. The number of piperazine rings is 1. The van der Waals surface area contributed by atoms with Crippen LogP contribution < -0.4 is 9.80 Å². The Morgan fingerprint density at radius 1 is 0.963 bits per heavy atom. The molecule has 2 fully saturated rings. The number of nitrogens with zero attached hydrogens (tertiary/aromatic N) is 4. The molecule has 7 nitrogen and oxygen atoms in total. The zero-order valence-corrected chi connectivity index (χ0v) is 16.0. The van der Waals surface area contributed by atoms with Gasteiger partial charge in [-0.25, -0.2) is 0 Å². The van der Waals surface area contributed by atoms with Gasteiger partial charge in [0.15, 0.2) is 0 Å². The van der Waals surface area contributed by atoms with Gasteiger partial charge in [0, 0.05) is 57.6 Å². The second-order valence-corrected chi connectivity index (χ2v) is 7.19. The minimum atomic E-state index is -0.152. The van der Waals surface area contributed by atoms with Gasteiger partial charge in [-0.05, 0) is 43.5 Å². The Hall–Kier alpha value is -2.57. The van der Waals surface area contributed by atoms with Crippen LogP contribution in [0.1, 0.15) is 26.2 Å². The summed E-state index contributed by atoms with van der Waals surface area (Å²) >= 11 is 0. The normalized spacial score (nSPS) is 17.6. The van der Waals surface area contributed by atoms with E-state index in [4.69, 9.17) is 0 Å². The lowest BCUT2D eigenvalue weighted by molar-refractivity contribution is -0.134. The Balaban J connectivity index is 1.63. The van der Waals surface area contributed by atoms with Crippen molar-refractivity contribution in [3.8, 4) is 0 Å². The highest BCUT2D eigenvalue weighted by Gasteiger charge is 2.24. The molecular weight excluding hydrogens is 344 g/mol. The molecule has 2 saturated heterocycles. The van der Waals surface area contributed by atoms with E-state index in [1.165, 1.54) is 36.8 Å². The molecule has 1 aromatic carbocycles. The van der Waals surface area contributed by atoms with Gasteiger partial charge in [0.1, 0.15) is 6.54 Å². The fourth-order valence-corrected chi connectivity index (χ4v) is 3.69. The molecule has 0 bridgehead atoms. The summed E-state index contributed by atoms with van der Waals surface area (Å²) in [5.41, 5.74) is 1.90. The lowest BCUT2D eigenvalue weighted by Crippen LogP contribution is -2.51. The first-order valence-electron chi connectivity index (χ1n) is 9.69. The van der Waals surface area contributed by atoms with Gasteiger partial charge in [0.2, 0.25) is 18.2 Å². The molecule has 0 N–H and O–H groups in total. The number of rotatable bonds is 5. The topological polar surface area (TPSA) is 64.2 Å². The van der Waals surface area contributed by atoms with Gasteiger partial charge in [-0.2, -0.15) is 0 Å². The number of anilines is 2. The van der Waals surface area contributed by atoms with Crippen molar-refractivity contribution in [2.45, 2.75) is 26.2 Å². The maximum absolute atomic E-state index is 12.6. The zero-order valence-electron chi connectivity index (χ0n) is 16.0. The lowest BCUT2D eigenvalue weighted by Gasteiger charge is -2.34. The fraction of sp³-hybridized carbons (Fsp3) is 0.550. The largest absolute Gasteiger partial charge is 0.372 e. The number of hydrogen-bond donors (Lipinski definition) is 0. The molecule has 3 amide bonds. The van der Waals surface area contributed by atoms with Crippen molar-refractivity contribution in [2.24, 2.45) is 0 Å². The molecule has 3 rings (SSSR count). The number of benzene rings is 1. The van der Waals surface area contributed by atoms with Crippen LogP contribution in [-0.2, 0) is 14.4 Å². The van der Waals surface area contributed by atoms with Crippen molar-refractivity contribution < 1.29 is 14.4 Å². The Bertz CT molecular complexity index is 662. The van der Waals surface area contributed by atoms with Crippen molar-refractivity contribution in [2.75, 3.05) is 55.6 Å². The smallest absolute Gasteiger partial charge is 0.242 e. The maximum atomic E-state index is 12.6. The molecule has 0 aromatic heterocycles. The number of carbonyl (C=O) groups is 3. The first-order valence-corrected chi connectivity index (χ1v) is 9.69. The molecular formula is C20H28N4O3. The molecule has 0 radical (unpaired) electrons. The molecule has 1 aromatic rings. The summed E-state index contributed by atoms with van der Waals surface area (Å²) in [5, 5.41) is 0. The van der Waals surface area contributed by atoms with Crippen molar-refractivity contribution in [1.29, 1.82) is 0 Å². The van der Waals surface area contributed by atoms with Crippen LogP contribution >= 0.6 is 0 Å². The molecule has 0 atom stereocenters. The Labute approximate surface area is 160 Å². The first-order chi connectivity index (χ1) is 13.1. The highest BCUT2D eigenvalue weighted by atomic mass is 16.2. The Morgan fingerprint density at radius 3 is 2.15 bits per heavy atom. The molecule has 2 heterocycles. The van der Waals surface area contributed by atoms with Gasteiger partial charge < -0.3 is 19.6 Å². The van der Waals surface area contributed by atoms with E-state index in [9.17, 15) is 14.4 Å². The van der Waals surface area contributed by atoms with Crippen molar-refractivity contribution in [3.05, 3.63) is 24.3 Å². The number of amides is 3. The predicted molar refractivity (Wildman–Crippen MR) is 105 cm³/mol. The average molecular weight is 372 g/mol. The number of piperidine rings is 1. The van der Waals surface area contributed by atoms with E-state index in [-0.39, 0.29) is 18.4 Å². The van der Waals surface area contributed by atoms with Gasteiger partial charge in [0.05, 0.1) is 0 Å². The number of carbonyl (C=O) groups excluding carboxylic acids is 3. The van der Waals surface area contributed by atoms with Gasteiger partial charge in [-0.15, -0.1) is 0 Å². The van der Waals surface area contributed by atoms with Crippen LogP contribution in [0, 0.1) is 0 Å². The molecule has 2 aliphatic heterocycles. The van der Waals surface area contributed by atoms with Gasteiger partial charge in [-0.1, -0.05) is 0 Å². The predicted octanol–water partition coefficient (Wildman–Crippen LogP) is 1.33. The average Bonchev–Trinajstić information content (AvgIpc) is 2.72. The van der Waals surface area contributed by atoms with Gasteiger partial charge in [0.25, 0.3) is 0 Å². The van der Waals surface area contributed by atoms with Gasteiger partial charge >= 0.3 is 0 Å². The second kappa shape index (κ2) is 8.88. The van der Waals surface area contributed by atoms with Crippen molar-refractivity contribution in [3.63, 3.8) is 0 Å². The lowest BCUT2D eigenvalue weighted by atomic mass is 10.1. The zero-order chi connectivity index (χ0) is 19.2. The molecule has 0 saturated carbocycles. The van der Waals surface area contributed by atoms with E-state index in [2.05, 4.69) is 4.90 Å². The Morgan fingerprint density at radius 2 is 1.59 bits per heavy atom. The molecule has 146 valence electrons. The summed E-state index contributed by atoms with van der Waals surface area (Å²) in [6.07, 6.45) is 4.53. The first kappa shape index (κ1) is 19.2. The highest BCUT2D eigenvalue weighted by molar-refractivity contribution is 5.97. The minimum Gasteiger partial charge on any atom is -0.372 e. The summed E-state index contributed by atoms with van der Waals surface area (Å²) in [6, 6.07) is 7.90. The van der Waals surface area contributed by atoms with E-state index in [0.29, 0.717) is 26.2 Å². The third-order valence-electron chi connectivity index (χ3n) is 5.37. The van der Waals surface area contributed by atoms with Crippen LogP contribution in [0.3, 0.4) is 0 Å². The monoisotopic (exact) mass is 372 g/mol. The van der Waals surface area contributed by atoms with E-state index in [1.54, 1.807) is 9.80 Å². The van der Waals surface area contributed by atoms with Crippen LogP contribution in [-0.4, -0.2) is 73.8 Å². The quantitative estimate of drug-likeness (QED) is 0.732. The summed E-state index contributed by atoms with van der Waals surface area (Å²) in [5.74, 6) is -0.239. The molecule has 0 aliphatic carbocycles. The minimum absolute atomic E-state index is 0.0273. The molecule has 0 unspecified atom stereocenters. The SMILES string of the molecule is CC(=O)N(CC(=O)N1CCN(C=O)CC1)c1ccc(N2CCCCC2)cc1. The van der Waals surface area contributed by atoms with E-state index in [1.807, 2.05) is 24.3 Å². The molecule has 27 heavy (non-hydrogen) atoms. The maximum Gasteiger partial charge on any atom is 0.242 e. The summed E-state index contributed by atoms with van der Waals surface area (Å²) in [6.45, 7) is 5.76. The number of hydrogen-bond acceptors (Lipinski definition) is 4. The summed E-state index contributed by atoms with van der Waals surface area (Å²) in [7, 11) is 0. The van der Waals surface area contributed by atoms with Crippen LogP contribution in [0.15, 0.2) is 24.3 Å². The second-order valence-electron chi connectivity index (χ2n) is 7.19. The van der Waals surface area contributed by atoms with E-state index < -0.39 is 0 Å². The third-order valence-corrected chi connectivity index (χ3v) is 5.37. The highest BCUT2D eigenvalue weighted by Crippen LogP contribution is 2.24. The summed E-state index contributed by atoms with van der Waals surface area (Å²) in [4.78, 5) is 42.8.